The van der Waals surface area contributed by atoms with E-state index in [-0.39, 0.29) is 11.7 Å². The van der Waals surface area contributed by atoms with Crippen LogP contribution in [0.2, 0.25) is 0 Å². The minimum Gasteiger partial charge on any atom is -0.337 e. The maximum Gasteiger partial charge on any atom is 0.416 e. The molecule has 23 heavy (non-hydrogen) atoms. The summed E-state index contributed by atoms with van der Waals surface area (Å²) in [6.45, 7) is 1.27. The van der Waals surface area contributed by atoms with Crippen LogP contribution >= 0.6 is 23.1 Å². The molecule has 0 saturated heterocycles. The number of benzene rings is 1. The van der Waals surface area contributed by atoms with Gasteiger partial charge in [0.25, 0.3) is 0 Å². The Morgan fingerprint density at radius 3 is 2.91 bits per heavy atom. The summed E-state index contributed by atoms with van der Waals surface area (Å²) < 4.78 is 38.1. The lowest BCUT2D eigenvalue weighted by molar-refractivity contribution is -0.137. The molecule has 0 fully saturated rings. The highest BCUT2D eigenvalue weighted by molar-refractivity contribution is 8.00. The van der Waals surface area contributed by atoms with Crippen LogP contribution < -0.4 is 0 Å². The lowest BCUT2D eigenvalue weighted by atomic mass is 10.1. The molecule has 0 N–H and O–H groups in total. The number of fused-ring (bicyclic) bond motifs is 1. The lowest BCUT2D eigenvalue weighted by Crippen LogP contribution is -2.36. The van der Waals surface area contributed by atoms with E-state index in [1.54, 1.807) is 22.3 Å². The average molecular weight is 357 g/mol. The zero-order valence-electron chi connectivity index (χ0n) is 12.1. The van der Waals surface area contributed by atoms with Crippen molar-refractivity contribution in [2.45, 2.75) is 24.0 Å². The first-order chi connectivity index (χ1) is 10.9. The van der Waals surface area contributed by atoms with Gasteiger partial charge in [-0.1, -0.05) is 6.07 Å². The van der Waals surface area contributed by atoms with E-state index in [1.165, 1.54) is 16.5 Å². The molecule has 1 aromatic heterocycles. The predicted octanol–water partition coefficient (Wildman–Crippen LogP) is 4.44. The topological polar surface area (TPSA) is 20.3 Å². The van der Waals surface area contributed by atoms with E-state index in [9.17, 15) is 18.0 Å². The number of halogens is 3. The average Bonchev–Trinajstić information content (AvgIpc) is 2.99. The second-order valence-electron chi connectivity index (χ2n) is 5.25. The van der Waals surface area contributed by atoms with Gasteiger partial charge in [-0.05, 0) is 41.6 Å². The molecule has 1 aliphatic rings. The fourth-order valence-electron chi connectivity index (χ4n) is 2.46. The zero-order valence-corrected chi connectivity index (χ0v) is 13.7. The van der Waals surface area contributed by atoms with Gasteiger partial charge in [0.1, 0.15) is 0 Å². The zero-order chi connectivity index (χ0) is 16.4. The molecule has 2 aromatic rings. The molecule has 1 aromatic carbocycles. The third-order valence-corrected chi connectivity index (χ3v) is 5.69. The highest BCUT2D eigenvalue weighted by Crippen LogP contribution is 2.32. The third-order valence-electron chi connectivity index (χ3n) is 3.68. The minimum absolute atomic E-state index is 0.0377. The monoisotopic (exact) mass is 357 g/mol. The molecule has 2 nitrogen and oxygen atoms in total. The molecule has 0 spiro atoms. The molecule has 0 atom stereocenters. The number of thioether (sulfide) groups is 1. The summed E-state index contributed by atoms with van der Waals surface area (Å²) in [6, 6.07) is 7.12. The molecule has 0 bridgehead atoms. The summed E-state index contributed by atoms with van der Waals surface area (Å²) in [4.78, 5) is 15.8. The Morgan fingerprint density at radius 2 is 2.13 bits per heavy atom. The van der Waals surface area contributed by atoms with Crippen LogP contribution in [-0.4, -0.2) is 23.1 Å². The van der Waals surface area contributed by atoms with Gasteiger partial charge in [0, 0.05) is 22.9 Å². The number of rotatable bonds is 3. The Hall–Kier alpha value is -1.47. The molecule has 0 aliphatic carbocycles. The van der Waals surface area contributed by atoms with E-state index >= 15 is 0 Å². The molecule has 7 heteroatoms. The second-order valence-corrected chi connectivity index (χ2v) is 7.30. The van der Waals surface area contributed by atoms with Crippen LogP contribution in [0.25, 0.3) is 0 Å². The van der Waals surface area contributed by atoms with Gasteiger partial charge in [-0.15, -0.1) is 23.1 Å². The number of alkyl halides is 3. The van der Waals surface area contributed by atoms with Crippen LogP contribution in [0.15, 0.2) is 40.6 Å². The smallest absolute Gasteiger partial charge is 0.337 e. The first-order valence-corrected chi connectivity index (χ1v) is 8.93. The van der Waals surface area contributed by atoms with Crippen molar-refractivity contribution in [3.05, 3.63) is 51.7 Å². The van der Waals surface area contributed by atoms with Crippen molar-refractivity contribution < 1.29 is 18.0 Å². The molecule has 0 radical (unpaired) electrons. The fraction of sp³-hybridized carbons (Fsp3) is 0.312. The van der Waals surface area contributed by atoms with Crippen molar-refractivity contribution in [1.29, 1.82) is 0 Å². The van der Waals surface area contributed by atoms with E-state index in [4.69, 9.17) is 0 Å². The maximum atomic E-state index is 12.7. The van der Waals surface area contributed by atoms with Gasteiger partial charge >= 0.3 is 6.18 Å². The Kier molecular flexibility index (Phi) is 4.68. The standard InChI is InChI=1S/C16H14F3NOS2/c17-16(18,19)12-2-1-3-13(8-12)23-10-15(21)20-6-4-14-11(9-20)5-7-22-14/h1-3,5,7-8H,4,6,9-10H2. The van der Waals surface area contributed by atoms with Gasteiger partial charge in [-0.3, -0.25) is 4.79 Å². The summed E-state index contributed by atoms with van der Waals surface area (Å²) in [5.74, 6) is 0.116. The van der Waals surface area contributed by atoms with Crippen molar-refractivity contribution in [2.75, 3.05) is 12.3 Å². The number of hydrogen-bond donors (Lipinski definition) is 0. The van der Waals surface area contributed by atoms with Crippen molar-refractivity contribution in [1.82, 2.24) is 4.90 Å². The third kappa shape index (κ3) is 3.90. The number of carbonyl (C=O) groups is 1. The van der Waals surface area contributed by atoms with Crippen molar-refractivity contribution in [3.8, 4) is 0 Å². The number of carbonyl (C=O) groups excluding carboxylic acids is 1. The Morgan fingerprint density at radius 1 is 1.30 bits per heavy atom. The first-order valence-electron chi connectivity index (χ1n) is 7.06. The van der Waals surface area contributed by atoms with Crippen molar-refractivity contribution in [2.24, 2.45) is 0 Å². The van der Waals surface area contributed by atoms with Crippen LogP contribution in [0.4, 0.5) is 13.2 Å². The fourth-order valence-corrected chi connectivity index (χ4v) is 4.21. The van der Waals surface area contributed by atoms with Gasteiger partial charge in [0.05, 0.1) is 11.3 Å². The normalized spacial score (nSPS) is 14.7. The molecule has 1 amide bonds. The molecule has 0 unspecified atom stereocenters. The van der Waals surface area contributed by atoms with Gasteiger partial charge in [-0.2, -0.15) is 13.2 Å². The van der Waals surface area contributed by atoms with E-state index in [0.717, 1.165) is 30.3 Å². The largest absolute Gasteiger partial charge is 0.416 e. The van der Waals surface area contributed by atoms with Crippen LogP contribution in [0.5, 0.6) is 0 Å². The molecule has 1 aliphatic heterocycles. The number of thiophene rings is 1. The Bertz CT molecular complexity index is 711. The maximum absolute atomic E-state index is 12.7. The number of nitrogens with zero attached hydrogens (tertiary/aromatic N) is 1. The van der Waals surface area contributed by atoms with Crippen molar-refractivity contribution in [3.63, 3.8) is 0 Å². The van der Waals surface area contributed by atoms with Crippen LogP contribution in [0, 0.1) is 0 Å². The highest BCUT2D eigenvalue weighted by atomic mass is 32.2. The van der Waals surface area contributed by atoms with E-state index in [2.05, 4.69) is 0 Å². The Labute approximate surface area is 140 Å². The van der Waals surface area contributed by atoms with Crippen LogP contribution in [-0.2, 0) is 23.9 Å². The first kappa shape index (κ1) is 16.4. The molecule has 2 heterocycles. The van der Waals surface area contributed by atoms with Gasteiger partial charge in [0.2, 0.25) is 5.91 Å². The summed E-state index contributed by atoms with van der Waals surface area (Å²) in [5, 5.41) is 2.02. The predicted molar refractivity (Wildman–Crippen MR) is 85.6 cm³/mol. The van der Waals surface area contributed by atoms with Crippen LogP contribution in [0.3, 0.4) is 0 Å². The molecular formula is C16H14F3NOS2. The summed E-state index contributed by atoms with van der Waals surface area (Å²) in [6.07, 6.45) is -3.50. The SMILES string of the molecule is O=C(CSc1cccc(C(F)(F)F)c1)N1CCc2sccc2C1. The number of hydrogen-bond acceptors (Lipinski definition) is 3. The lowest BCUT2D eigenvalue weighted by Gasteiger charge is -2.27. The highest BCUT2D eigenvalue weighted by Gasteiger charge is 2.30. The molecule has 0 saturated carbocycles. The minimum atomic E-state index is -4.36. The van der Waals surface area contributed by atoms with E-state index in [1.807, 2.05) is 11.4 Å². The van der Waals surface area contributed by atoms with Crippen LogP contribution in [0.1, 0.15) is 16.0 Å². The summed E-state index contributed by atoms with van der Waals surface area (Å²) in [5.41, 5.74) is 0.495. The van der Waals surface area contributed by atoms with Gasteiger partial charge < -0.3 is 4.90 Å². The van der Waals surface area contributed by atoms with E-state index < -0.39 is 11.7 Å². The Balaban J connectivity index is 1.60. The van der Waals surface area contributed by atoms with Gasteiger partial charge in [0.15, 0.2) is 0 Å². The van der Waals surface area contributed by atoms with E-state index in [0.29, 0.717) is 18.0 Å². The number of amides is 1. The molecular weight excluding hydrogens is 343 g/mol. The quantitative estimate of drug-likeness (QED) is 0.757. The molecule has 3 rings (SSSR count). The summed E-state index contributed by atoms with van der Waals surface area (Å²) in [7, 11) is 0. The summed E-state index contributed by atoms with van der Waals surface area (Å²) >= 11 is 2.85. The van der Waals surface area contributed by atoms with Gasteiger partial charge in [-0.25, -0.2) is 0 Å². The second kappa shape index (κ2) is 6.57. The van der Waals surface area contributed by atoms with Crippen molar-refractivity contribution >= 4 is 29.0 Å². The molecule has 122 valence electrons.